The first-order valence-electron chi connectivity index (χ1n) is 43.3. The molecule has 9 unspecified atom stereocenters. The second-order valence-corrected chi connectivity index (χ2v) is 42.6. The van der Waals surface area contributed by atoms with Crippen LogP contribution in [-0.4, -0.2) is 0 Å². The molecule has 0 heteroatoms. The molecule has 0 aromatic rings. The van der Waals surface area contributed by atoms with Gasteiger partial charge in [0.1, 0.15) is 0 Å². The van der Waals surface area contributed by atoms with E-state index in [1.165, 1.54) is 128 Å². The molecule has 26 saturated carbocycles. The molecule has 91 heavy (non-hydrogen) atoms. The van der Waals surface area contributed by atoms with Gasteiger partial charge in [-0.1, -0.05) is 143 Å². The van der Waals surface area contributed by atoms with Gasteiger partial charge < -0.3 is 0 Å². The maximum Gasteiger partial charge on any atom is -0.0292 e. The number of hydrogen-bond donors (Lipinski definition) is 0. The lowest BCUT2D eigenvalue weighted by Crippen LogP contribution is -2.45. The van der Waals surface area contributed by atoms with Crippen molar-refractivity contribution >= 4 is 0 Å². The average molecular weight is 1250 g/mol. The van der Waals surface area contributed by atoms with Crippen molar-refractivity contribution in [3.63, 3.8) is 0 Å². The normalized spacial score (nSPS) is 53.0. The predicted molar refractivity (Wildman–Crippen MR) is 395 cm³/mol. The van der Waals surface area contributed by atoms with E-state index >= 15 is 0 Å². The molecule has 0 spiro atoms. The maximum absolute atomic E-state index is 2.54. The highest BCUT2D eigenvalue weighted by Gasteiger charge is 2.53. The lowest BCUT2D eigenvalue weighted by Gasteiger charge is -2.56. The van der Waals surface area contributed by atoms with Crippen LogP contribution in [0.25, 0.3) is 0 Å². The van der Waals surface area contributed by atoms with Gasteiger partial charge in [0.15, 0.2) is 0 Å². The van der Waals surface area contributed by atoms with E-state index in [4.69, 9.17) is 0 Å². The Labute approximate surface area is 570 Å². The van der Waals surface area contributed by atoms with Crippen molar-refractivity contribution in [2.75, 3.05) is 0 Å². The molecule has 0 aromatic carbocycles. The number of fused-ring (bicyclic) bond motifs is 18. The maximum atomic E-state index is 2.54. The standard InChI is InChI=1S/C12H20.C11H18.C11H20.3C10H18.3C9H16/c1-2-12-6-9-3-10(7-12)5-11(4-9)8-12;1-11-5-8-2-9(6-11)4-10(3-8)7-11;1-8-9-4-6-10(7-5-9)11(8,2)3;1-7-8-4-5-9(6-8)10(7,2)3;1-8-7-9-3-5-10(8,2)6-4-9;1-7-8(2)10-5-3-9(7)4-6-10;1-6-7(2)9-4-3-8(6)5-9;1-7-6-8-2-4-9(7)5-3-8;1-2-8-5-7-3-4-9(8)6-7/h9-11H,2-8H2,1H3;8-10H,2-7H2,1H3;8-10H,4-7H2,1-3H3;7-9H,4-6H2,1-3H3;8-9H,3-7H2,1-2H3;7-10H,3-6H2,1-2H3;6-9H,3-5H2,1-2H3;2*7-9H,2-6H2,1H3/t;;8-,9?,10?;7-,8?,9?;8-,9?,10?;7-,8?,9?,10?;6-,7?,8?,9?;7-,8?,9?;/m..110000./s1. The Balaban J connectivity index is 0.0000000991. The molecule has 0 amide bonds. The summed E-state index contributed by atoms with van der Waals surface area (Å²) in [6.45, 7) is 39.3. The van der Waals surface area contributed by atoms with Gasteiger partial charge in [0, 0.05) is 0 Å². The molecule has 0 saturated heterocycles. The predicted octanol–water partition coefficient (Wildman–Crippen LogP) is 28.0. The van der Waals surface area contributed by atoms with Crippen molar-refractivity contribution in [3.8, 4) is 0 Å². The number of hydrogen-bond acceptors (Lipinski definition) is 0. The van der Waals surface area contributed by atoms with E-state index < -0.39 is 0 Å². The van der Waals surface area contributed by atoms with Crippen molar-refractivity contribution in [3.05, 3.63) is 0 Å². The Morgan fingerprint density at radius 1 is 0.286 bits per heavy atom. The van der Waals surface area contributed by atoms with Gasteiger partial charge in [0.05, 0.1) is 0 Å². The van der Waals surface area contributed by atoms with Gasteiger partial charge in [0.25, 0.3) is 0 Å². The van der Waals surface area contributed by atoms with Gasteiger partial charge >= 0.3 is 0 Å². The SMILES string of the molecule is CC12CC3CC(CC(C3)C1)C2.CC1C2CCC(C2)[C@H]1C.CC1C2CCC(CC2)[C@H]1C.CCC12CC3CC(CC(C3)C1)C2.CCC1CC2CCC1C2.C[C@@H]1C2CCC(C2)C1(C)C.C[C@@H]1C2CCC(CC2)C1(C)C.C[C@H]1CC2CCC1(C)CC2.C[C@H]1CC2CCC1CC2. The summed E-state index contributed by atoms with van der Waals surface area (Å²) in [6.07, 6.45) is 65.0. The number of rotatable bonds is 2. The van der Waals surface area contributed by atoms with Crippen molar-refractivity contribution in [1.29, 1.82) is 0 Å². The van der Waals surface area contributed by atoms with Crippen molar-refractivity contribution in [2.45, 2.75) is 380 Å². The Morgan fingerprint density at radius 2 is 0.681 bits per heavy atom. The zero-order valence-electron chi connectivity index (χ0n) is 64.4. The molecular formula is C91H160. The van der Waals surface area contributed by atoms with E-state index in [0.717, 1.165) is 182 Å². The van der Waals surface area contributed by atoms with E-state index in [1.54, 1.807) is 141 Å². The highest BCUT2D eigenvalue weighted by atomic mass is 14.6. The largest absolute Gasteiger partial charge is 0.0651 e. The second-order valence-electron chi connectivity index (χ2n) is 42.6. The van der Waals surface area contributed by atoms with Gasteiger partial charge in [-0.05, 0) is 430 Å². The molecule has 26 aliphatic carbocycles. The van der Waals surface area contributed by atoms with Crippen LogP contribution in [0.5, 0.6) is 0 Å². The molecule has 0 aliphatic heterocycles. The molecule has 0 heterocycles. The highest BCUT2D eigenvalue weighted by molar-refractivity contribution is 5.03. The smallest absolute Gasteiger partial charge is 0.0292 e. The van der Waals surface area contributed by atoms with Gasteiger partial charge in [0.2, 0.25) is 0 Å². The zero-order chi connectivity index (χ0) is 64.4. The van der Waals surface area contributed by atoms with E-state index in [9.17, 15) is 0 Å². The Hall–Kier alpha value is 0. The van der Waals surface area contributed by atoms with E-state index in [2.05, 4.69) is 111 Å². The minimum atomic E-state index is 0.654. The molecule has 0 nitrogen and oxygen atoms in total. The average Bonchev–Trinajstić information content (AvgIpc) is 1.79. The molecule has 524 valence electrons. The summed E-state index contributed by atoms with van der Waals surface area (Å²) in [5, 5.41) is 0. The molecule has 26 aliphatic rings. The Morgan fingerprint density at radius 3 is 0.945 bits per heavy atom. The fourth-order valence-corrected chi connectivity index (χ4v) is 30.1. The lowest BCUT2D eigenvalue weighted by atomic mass is 9.49. The summed E-state index contributed by atoms with van der Waals surface area (Å²) >= 11 is 0. The van der Waals surface area contributed by atoms with Gasteiger partial charge in [-0.25, -0.2) is 0 Å². The molecule has 0 aromatic heterocycles. The third kappa shape index (κ3) is 15.8. The summed E-state index contributed by atoms with van der Waals surface area (Å²) in [6, 6.07) is 0. The van der Waals surface area contributed by atoms with Crippen LogP contribution >= 0.6 is 0 Å². The van der Waals surface area contributed by atoms with Crippen LogP contribution < -0.4 is 0 Å². The first kappa shape index (κ1) is 70.8. The Bertz CT molecular complexity index is 2100. The molecule has 26 fully saturated rings. The summed E-state index contributed by atoms with van der Waals surface area (Å²) in [4.78, 5) is 0. The molecule has 0 radical (unpaired) electrons. The van der Waals surface area contributed by atoms with Crippen molar-refractivity contribution in [2.24, 2.45) is 193 Å². The molecular weight excluding hydrogens is 1090 g/mol. The minimum Gasteiger partial charge on any atom is -0.0651 e. The van der Waals surface area contributed by atoms with Crippen LogP contribution in [0.3, 0.4) is 0 Å². The lowest BCUT2D eigenvalue weighted by molar-refractivity contribution is -0.0545. The summed E-state index contributed by atoms with van der Waals surface area (Å²) < 4.78 is 0. The van der Waals surface area contributed by atoms with Gasteiger partial charge in [-0.2, -0.15) is 0 Å². The first-order valence-corrected chi connectivity index (χ1v) is 43.3. The fourth-order valence-electron chi connectivity index (χ4n) is 30.1. The van der Waals surface area contributed by atoms with Crippen molar-refractivity contribution in [1.82, 2.24) is 0 Å². The molecule has 15 atom stereocenters. The highest BCUT2D eigenvalue weighted by Crippen LogP contribution is 2.64. The van der Waals surface area contributed by atoms with Crippen LogP contribution in [0.15, 0.2) is 0 Å². The van der Waals surface area contributed by atoms with Crippen LogP contribution in [-0.2, 0) is 0 Å². The third-order valence-corrected chi connectivity index (χ3v) is 37.3. The summed E-state index contributed by atoms with van der Waals surface area (Å²) in [7, 11) is 0. The van der Waals surface area contributed by atoms with Crippen LogP contribution in [0.4, 0.5) is 0 Å². The monoisotopic (exact) mass is 1250 g/mol. The molecule has 26 rings (SSSR count). The van der Waals surface area contributed by atoms with E-state index in [1.807, 2.05) is 0 Å². The fraction of sp³-hybridized carbons (Fsp3) is 1.00. The van der Waals surface area contributed by atoms with E-state index in [0.29, 0.717) is 10.8 Å². The Kier molecular flexibility index (Phi) is 22.8. The minimum absolute atomic E-state index is 0.654. The molecule has 0 N–H and O–H groups in total. The quantitative estimate of drug-likeness (QED) is 0.259. The van der Waals surface area contributed by atoms with Crippen LogP contribution in [0.2, 0.25) is 0 Å². The third-order valence-electron chi connectivity index (χ3n) is 37.3. The van der Waals surface area contributed by atoms with Crippen molar-refractivity contribution < 1.29 is 0 Å². The van der Waals surface area contributed by atoms with E-state index in [-0.39, 0.29) is 0 Å². The van der Waals surface area contributed by atoms with Gasteiger partial charge in [-0.3, -0.25) is 0 Å². The van der Waals surface area contributed by atoms with Crippen LogP contribution in [0.1, 0.15) is 380 Å². The topological polar surface area (TPSA) is 0 Å². The summed E-state index contributed by atoms with van der Waals surface area (Å²) in [5.41, 5.74) is 3.71. The van der Waals surface area contributed by atoms with Gasteiger partial charge in [-0.15, -0.1) is 0 Å². The first-order chi connectivity index (χ1) is 43.3. The molecule has 22 bridgehead atoms. The second kappa shape index (κ2) is 29.3. The summed E-state index contributed by atoms with van der Waals surface area (Å²) in [5.74, 6) is 30.6. The van der Waals surface area contributed by atoms with Crippen LogP contribution in [0, 0.1) is 193 Å². The zero-order valence-corrected chi connectivity index (χ0v) is 64.4.